The Morgan fingerprint density at radius 3 is 3.14 bits per heavy atom. The predicted octanol–water partition coefficient (Wildman–Crippen LogP) is 2.09. The zero-order chi connectivity index (χ0) is 9.54. The van der Waals surface area contributed by atoms with Crippen molar-refractivity contribution in [3.05, 3.63) is 24.7 Å². The Hall–Kier alpha value is -1.62. The molecule has 0 fully saturated rings. The molecule has 1 aromatic heterocycles. The fourth-order valence-electron chi connectivity index (χ4n) is 1.38. The van der Waals surface area contributed by atoms with Crippen molar-refractivity contribution in [2.24, 2.45) is 0 Å². The first kappa shape index (κ1) is 7.75. The standard InChI is InChI=1S/C9H4N3OS/c13-9-12-7-1-5-3-10-4-11-6(5)2-8(7)14-9/h1-4H. The summed E-state index contributed by atoms with van der Waals surface area (Å²) in [7, 11) is 0. The third-order valence-electron chi connectivity index (χ3n) is 1.99. The number of hydrogen-bond acceptors (Lipinski definition) is 4. The highest BCUT2D eigenvalue weighted by Crippen LogP contribution is 2.37. The summed E-state index contributed by atoms with van der Waals surface area (Å²) in [5, 5.41) is 4.61. The Morgan fingerprint density at radius 2 is 2.21 bits per heavy atom. The maximum atomic E-state index is 11.0. The number of aromatic nitrogens is 2. The molecule has 0 atom stereocenters. The van der Waals surface area contributed by atoms with Gasteiger partial charge in [0.2, 0.25) is 0 Å². The van der Waals surface area contributed by atoms with Gasteiger partial charge in [-0.15, -0.1) is 0 Å². The van der Waals surface area contributed by atoms with Gasteiger partial charge in [0, 0.05) is 16.5 Å². The van der Waals surface area contributed by atoms with Gasteiger partial charge >= 0.3 is 5.24 Å². The lowest BCUT2D eigenvalue weighted by Crippen LogP contribution is -1.94. The van der Waals surface area contributed by atoms with Crippen LogP contribution in [0.4, 0.5) is 10.5 Å². The normalized spacial score (nSPS) is 14.1. The number of amides is 1. The Balaban J connectivity index is 2.31. The van der Waals surface area contributed by atoms with Gasteiger partial charge in [0.1, 0.15) is 6.33 Å². The van der Waals surface area contributed by atoms with E-state index in [1.54, 1.807) is 6.20 Å². The molecule has 5 heteroatoms. The van der Waals surface area contributed by atoms with Crippen molar-refractivity contribution in [2.45, 2.75) is 4.90 Å². The Morgan fingerprint density at radius 1 is 1.29 bits per heavy atom. The molecule has 0 spiro atoms. The molecule has 1 radical (unpaired) electrons. The SMILES string of the molecule is O=C1[N]c2cc3cncnc3cc2S1. The van der Waals surface area contributed by atoms with Crippen molar-refractivity contribution in [1.82, 2.24) is 15.3 Å². The molecule has 0 saturated heterocycles. The van der Waals surface area contributed by atoms with E-state index in [-0.39, 0.29) is 5.24 Å². The zero-order valence-corrected chi connectivity index (χ0v) is 7.78. The van der Waals surface area contributed by atoms with E-state index in [0.717, 1.165) is 33.2 Å². The highest BCUT2D eigenvalue weighted by atomic mass is 32.2. The molecule has 4 nitrogen and oxygen atoms in total. The van der Waals surface area contributed by atoms with Gasteiger partial charge in [-0.3, -0.25) is 4.79 Å². The molecule has 2 aromatic rings. The third-order valence-corrected chi connectivity index (χ3v) is 2.81. The number of fused-ring (bicyclic) bond motifs is 2. The first-order valence-corrected chi connectivity index (χ1v) is 4.82. The van der Waals surface area contributed by atoms with Crippen molar-refractivity contribution in [3.8, 4) is 0 Å². The van der Waals surface area contributed by atoms with E-state index in [0.29, 0.717) is 0 Å². The lowest BCUT2D eigenvalue weighted by Gasteiger charge is -1.98. The average molecular weight is 202 g/mol. The summed E-state index contributed by atoms with van der Waals surface area (Å²) in [6.07, 6.45) is 3.21. The van der Waals surface area contributed by atoms with Crippen LogP contribution >= 0.6 is 11.8 Å². The van der Waals surface area contributed by atoms with E-state index in [2.05, 4.69) is 15.3 Å². The number of thioether (sulfide) groups is 1. The topological polar surface area (TPSA) is 57.0 Å². The Bertz CT molecular complexity index is 494. The molecular formula is C9H4N3OS. The quantitative estimate of drug-likeness (QED) is 0.656. The summed E-state index contributed by atoms with van der Waals surface area (Å²) in [6.45, 7) is 0. The summed E-state index contributed by atoms with van der Waals surface area (Å²) in [4.78, 5) is 19.9. The summed E-state index contributed by atoms with van der Waals surface area (Å²) in [5.74, 6) is 0. The molecule has 0 unspecified atom stereocenters. The minimum Gasteiger partial charge on any atom is -0.259 e. The van der Waals surface area contributed by atoms with Gasteiger partial charge in [-0.25, -0.2) is 15.3 Å². The summed E-state index contributed by atoms with van der Waals surface area (Å²) in [5.41, 5.74) is 1.57. The van der Waals surface area contributed by atoms with Crippen molar-refractivity contribution < 1.29 is 4.79 Å². The lowest BCUT2D eigenvalue weighted by atomic mass is 10.2. The minimum absolute atomic E-state index is 0.164. The van der Waals surface area contributed by atoms with E-state index in [1.807, 2.05) is 12.1 Å². The number of rotatable bonds is 0. The second-order valence-corrected chi connectivity index (χ2v) is 3.87. The van der Waals surface area contributed by atoms with Gasteiger partial charge in [-0.05, 0) is 23.9 Å². The molecular weight excluding hydrogens is 198 g/mol. The van der Waals surface area contributed by atoms with Crippen LogP contribution in [0, 0.1) is 0 Å². The van der Waals surface area contributed by atoms with E-state index < -0.39 is 0 Å². The van der Waals surface area contributed by atoms with E-state index in [1.165, 1.54) is 6.33 Å². The van der Waals surface area contributed by atoms with Gasteiger partial charge < -0.3 is 0 Å². The third kappa shape index (κ3) is 1.06. The highest BCUT2D eigenvalue weighted by Gasteiger charge is 2.21. The molecule has 1 amide bonds. The molecule has 2 heterocycles. The van der Waals surface area contributed by atoms with Crippen LogP contribution in [0.2, 0.25) is 0 Å². The summed E-state index contributed by atoms with van der Waals surface area (Å²) in [6, 6.07) is 3.70. The first-order valence-electron chi connectivity index (χ1n) is 4.00. The van der Waals surface area contributed by atoms with Gasteiger partial charge in [0.15, 0.2) is 0 Å². The van der Waals surface area contributed by atoms with Crippen LogP contribution in [-0.2, 0) is 0 Å². The molecule has 67 valence electrons. The summed E-state index contributed by atoms with van der Waals surface area (Å²) >= 11 is 1.14. The largest absolute Gasteiger partial charge is 0.310 e. The number of carbonyl (C=O) groups is 1. The van der Waals surface area contributed by atoms with Crippen molar-refractivity contribution in [3.63, 3.8) is 0 Å². The monoisotopic (exact) mass is 202 g/mol. The molecule has 14 heavy (non-hydrogen) atoms. The van der Waals surface area contributed by atoms with Gasteiger partial charge in [0.25, 0.3) is 0 Å². The summed E-state index contributed by atoms with van der Waals surface area (Å²) < 4.78 is 0. The van der Waals surface area contributed by atoms with Gasteiger partial charge in [0.05, 0.1) is 11.2 Å². The van der Waals surface area contributed by atoms with E-state index in [4.69, 9.17) is 0 Å². The van der Waals surface area contributed by atoms with Crippen LogP contribution in [-0.4, -0.2) is 15.2 Å². The van der Waals surface area contributed by atoms with Crippen LogP contribution in [0.5, 0.6) is 0 Å². The van der Waals surface area contributed by atoms with Crippen LogP contribution in [0.25, 0.3) is 10.9 Å². The lowest BCUT2D eigenvalue weighted by molar-refractivity contribution is 0.264. The molecule has 0 saturated carbocycles. The number of benzene rings is 1. The van der Waals surface area contributed by atoms with Crippen LogP contribution in [0.3, 0.4) is 0 Å². The van der Waals surface area contributed by atoms with Gasteiger partial charge in [-0.1, -0.05) is 0 Å². The molecule has 1 aliphatic rings. The molecule has 0 bridgehead atoms. The highest BCUT2D eigenvalue weighted by molar-refractivity contribution is 8.14. The molecule has 0 N–H and O–H groups in total. The fraction of sp³-hybridized carbons (Fsp3) is 0. The van der Waals surface area contributed by atoms with E-state index in [9.17, 15) is 4.79 Å². The maximum absolute atomic E-state index is 11.0. The minimum atomic E-state index is -0.164. The van der Waals surface area contributed by atoms with E-state index >= 15 is 0 Å². The average Bonchev–Trinajstić information content (AvgIpc) is 2.53. The van der Waals surface area contributed by atoms with Crippen LogP contribution in [0.1, 0.15) is 0 Å². The van der Waals surface area contributed by atoms with Crippen molar-refractivity contribution in [1.29, 1.82) is 0 Å². The molecule has 1 aliphatic heterocycles. The second-order valence-electron chi connectivity index (χ2n) is 2.88. The maximum Gasteiger partial charge on any atom is 0.310 e. The number of carbonyl (C=O) groups excluding carboxylic acids is 1. The predicted molar refractivity (Wildman–Crippen MR) is 52.6 cm³/mol. The fourth-order valence-corrected chi connectivity index (χ4v) is 2.09. The van der Waals surface area contributed by atoms with Crippen molar-refractivity contribution >= 4 is 33.6 Å². The molecule has 1 aromatic carbocycles. The molecule has 3 rings (SSSR count). The zero-order valence-electron chi connectivity index (χ0n) is 6.97. The molecule has 0 aliphatic carbocycles. The number of hydrogen-bond donors (Lipinski definition) is 0. The number of nitrogens with zero attached hydrogens (tertiary/aromatic N) is 3. The van der Waals surface area contributed by atoms with Gasteiger partial charge in [-0.2, -0.15) is 0 Å². The Kier molecular flexibility index (Phi) is 1.49. The second kappa shape index (κ2) is 2.68. The van der Waals surface area contributed by atoms with Crippen LogP contribution < -0.4 is 5.32 Å². The Labute approximate surface area is 83.7 Å². The van der Waals surface area contributed by atoms with Crippen LogP contribution in [0.15, 0.2) is 29.6 Å². The van der Waals surface area contributed by atoms with Crippen molar-refractivity contribution in [2.75, 3.05) is 0 Å². The smallest absolute Gasteiger partial charge is 0.259 e. The first-order chi connectivity index (χ1) is 6.83.